The van der Waals surface area contributed by atoms with Crippen LogP contribution in [0.2, 0.25) is 5.02 Å². The lowest BCUT2D eigenvalue weighted by molar-refractivity contribution is 0.276. The molecule has 20 heavy (non-hydrogen) atoms. The molecule has 4 heteroatoms. The highest BCUT2D eigenvalue weighted by Gasteiger charge is 2.21. The Bertz CT molecular complexity index is 420. The van der Waals surface area contributed by atoms with Gasteiger partial charge in [0.1, 0.15) is 0 Å². The number of rotatable bonds is 6. The second-order valence-corrected chi connectivity index (χ2v) is 6.43. The minimum atomic E-state index is 0.652. The van der Waals surface area contributed by atoms with Crippen LogP contribution in [0.15, 0.2) is 0 Å². The first-order chi connectivity index (χ1) is 9.65. The molecule has 1 heterocycles. The third kappa shape index (κ3) is 3.76. The van der Waals surface area contributed by atoms with E-state index in [0.717, 1.165) is 35.4 Å². The van der Waals surface area contributed by atoms with Gasteiger partial charge >= 0.3 is 0 Å². The number of hydrogen-bond acceptors (Lipinski definition) is 2. The summed E-state index contributed by atoms with van der Waals surface area (Å²) in [6, 6.07) is 0.652. The van der Waals surface area contributed by atoms with E-state index < -0.39 is 0 Å². The molecular weight excluding hydrogens is 270 g/mol. The highest BCUT2D eigenvalue weighted by atomic mass is 35.5. The van der Waals surface area contributed by atoms with E-state index in [1.165, 1.54) is 38.5 Å². The molecular formula is C16H28ClN3. The highest BCUT2D eigenvalue weighted by molar-refractivity contribution is 6.31. The van der Waals surface area contributed by atoms with Crippen LogP contribution in [-0.4, -0.2) is 15.8 Å². The second kappa shape index (κ2) is 7.46. The maximum absolute atomic E-state index is 6.35. The molecule has 1 aromatic heterocycles. The normalized spacial score (nSPS) is 23.2. The first-order valence-electron chi connectivity index (χ1n) is 8.10. The smallest absolute Gasteiger partial charge is 0.0860 e. The van der Waals surface area contributed by atoms with Crippen LogP contribution in [0.3, 0.4) is 0 Å². The zero-order chi connectivity index (χ0) is 14.5. The molecule has 2 rings (SSSR count). The lowest BCUT2D eigenvalue weighted by Gasteiger charge is -2.29. The summed E-state index contributed by atoms with van der Waals surface area (Å²) in [6.45, 7) is 8.11. The van der Waals surface area contributed by atoms with Gasteiger partial charge in [-0.05, 0) is 45.4 Å². The molecule has 3 nitrogen and oxygen atoms in total. The van der Waals surface area contributed by atoms with Crippen LogP contribution in [-0.2, 0) is 13.1 Å². The third-order valence-electron chi connectivity index (χ3n) is 4.55. The number of nitrogens with zero attached hydrogens (tertiary/aromatic N) is 2. The number of halogens is 1. The monoisotopic (exact) mass is 297 g/mol. The summed E-state index contributed by atoms with van der Waals surface area (Å²) in [6.07, 6.45) is 8.10. The standard InChI is InChI=1S/C16H28ClN3/c1-4-6-13-7-9-14(10-8-13)18-11-15-16(17)12(3)19-20(15)5-2/h13-14,18H,4-11H2,1-3H3. The van der Waals surface area contributed by atoms with Gasteiger partial charge in [0.05, 0.1) is 16.4 Å². The summed E-state index contributed by atoms with van der Waals surface area (Å²) in [7, 11) is 0. The van der Waals surface area contributed by atoms with Crippen LogP contribution in [0.1, 0.15) is 63.8 Å². The van der Waals surface area contributed by atoms with Gasteiger partial charge in [0.25, 0.3) is 0 Å². The van der Waals surface area contributed by atoms with Crippen molar-refractivity contribution in [3.05, 3.63) is 16.4 Å². The third-order valence-corrected chi connectivity index (χ3v) is 5.05. The topological polar surface area (TPSA) is 29.9 Å². The Morgan fingerprint density at radius 2 is 1.95 bits per heavy atom. The molecule has 0 aromatic carbocycles. The van der Waals surface area contributed by atoms with Crippen LogP contribution in [0.4, 0.5) is 0 Å². The van der Waals surface area contributed by atoms with Gasteiger partial charge in [-0.15, -0.1) is 0 Å². The summed E-state index contributed by atoms with van der Waals surface area (Å²) in [5.41, 5.74) is 2.08. The zero-order valence-corrected chi connectivity index (χ0v) is 13.8. The van der Waals surface area contributed by atoms with Crippen molar-refractivity contribution in [2.75, 3.05) is 0 Å². The first kappa shape index (κ1) is 15.8. The SMILES string of the molecule is CCCC1CCC(NCc2c(Cl)c(C)nn2CC)CC1. The van der Waals surface area contributed by atoms with Gasteiger partial charge in [-0.25, -0.2) is 0 Å². The molecule has 1 aliphatic carbocycles. The van der Waals surface area contributed by atoms with Crippen molar-refractivity contribution >= 4 is 11.6 Å². The first-order valence-corrected chi connectivity index (χ1v) is 8.48. The predicted molar refractivity (Wildman–Crippen MR) is 85.1 cm³/mol. The van der Waals surface area contributed by atoms with Crippen molar-refractivity contribution in [3.63, 3.8) is 0 Å². The minimum Gasteiger partial charge on any atom is -0.308 e. The van der Waals surface area contributed by atoms with E-state index in [1.807, 2.05) is 11.6 Å². The van der Waals surface area contributed by atoms with E-state index in [9.17, 15) is 0 Å². The summed E-state index contributed by atoms with van der Waals surface area (Å²) in [4.78, 5) is 0. The van der Waals surface area contributed by atoms with Crippen molar-refractivity contribution in [1.82, 2.24) is 15.1 Å². The van der Waals surface area contributed by atoms with Crippen LogP contribution < -0.4 is 5.32 Å². The van der Waals surface area contributed by atoms with Crippen molar-refractivity contribution in [3.8, 4) is 0 Å². The molecule has 0 aliphatic heterocycles. The summed E-state index contributed by atoms with van der Waals surface area (Å²) in [5.74, 6) is 0.963. The van der Waals surface area contributed by atoms with Gasteiger partial charge in [0, 0.05) is 19.1 Å². The van der Waals surface area contributed by atoms with Gasteiger partial charge in [-0.3, -0.25) is 4.68 Å². The van der Waals surface area contributed by atoms with E-state index in [-0.39, 0.29) is 0 Å². The second-order valence-electron chi connectivity index (χ2n) is 6.05. The Balaban J connectivity index is 1.84. The largest absolute Gasteiger partial charge is 0.308 e. The number of nitrogens with one attached hydrogen (secondary N) is 1. The van der Waals surface area contributed by atoms with Crippen molar-refractivity contribution in [2.45, 2.75) is 78.4 Å². The van der Waals surface area contributed by atoms with Crippen LogP contribution in [0, 0.1) is 12.8 Å². The van der Waals surface area contributed by atoms with Gasteiger partial charge in [0.2, 0.25) is 0 Å². The van der Waals surface area contributed by atoms with Crippen LogP contribution in [0.5, 0.6) is 0 Å². The van der Waals surface area contributed by atoms with Crippen LogP contribution in [0.25, 0.3) is 0 Å². The molecule has 0 unspecified atom stereocenters. The molecule has 0 amide bonds. The molecule has 1 N–H and O–H groups in total. The molecule has 0 saturated heterocycles. The van der Waals surface area contributed by atoms with Crippen molar-refractivity contribution in [1.29, 1.82) is 0 Å². The molecule has 0 atom stereocenters. The predicted octanol–water partition coefficient (Wildman–Crippen LogP) is 4.31. The molecule has 1 aliphatic rings. The molecule has 0 radical (unpaired) electrons. The van der Waals surface area contributed by atoms with Gasteiger partial charge < -0.3 is 5.32 Å². The fourth-order valence-corrected chi connectivity index (χ4v) is 3.54. The van der Waals surface area contributed by atoms with Crippen LogP contribution >= 0.6 is 11.6 Å². The molecule has 1 saturated carbocycles. The van der Waals surface area contributed by atoms with Crippen molar-refractivity contribution in [2.24, 2.45) is 5.92 Å². The Kier molecular flexibility index (Phi) is 5.91. The maximum atomic E-state index is 6.35. The fraction of sp³-hybridized carbons (Fsp3) is 0.812. The van der Waals surface area contributed by atoms with E-state index in [0.29, 0.717) is 6.04 Å². The number of hydrogen-bond donors (Lipinski definition) is 1. The molecule has 0 bridgehead atoms. The quantitative estimate of drug-likeness (QED) is 0.848. The fourth-order valence-electron chi connectivity index (χ4n) is 3.34. The molecule has 0 spiro atoms. The lowest BCUT2D eigenvalue weighted by atomic mass is 9.83. The summed E-state index contributed by atoms with van der Waals surface area (Å²) in [5, 5.41) is 8.99. The van der Waals surface area contributed by atoms with Crippen molar-refractivity contribution < 1.29 is 0 Å². The number of aromatic nitrogens is 2. The highest BCUT2D eigenvalue weighted by Crippen LogP contribution is 2.28. The summed E-state index contributed by atoms with van der Waals surface area (Å²) < 4.78 is 2.02. The van der Waals surface area contributed by atoms with Gasteiger partial charge in [0.15, 0.2) is 0 Å². The summed E-state index contributed by atoms with van der Waals surface area (Å²) >= 11 is 6.35. The van der Waals surface area contributed by atoms with Gasteiger partial charge in [-0.1, -0.05) is 31.4 Å². The Morgan fingerprint density at radius 1 is 1.25 bits per heavy atom. The minimum absolute atomic E-state index is 0.652. The Morgan fingerprint density at radius 3 is 2.55 bits per heavy atom. The lowest BCUT2D eigenvalue weighted by Crippen LogP contribution is -2.33. The van der Waals surface area contributed by atoms with E-state index >= 15 is 0 Å². The molecule has 1 fully saturated rings. The Labute approximate surface area is 128 Å². The molecule has 1 aromatic rings. The average molecular weight is 298 g/mol. The average Bonchev–Trinajstić information content (AvgIpc) is 2.74. The Hall–Kier alpha value is -0.540. The molecule has 114 valence electrons. The zero-order valence-electron chi connectivity index (χ0n) is 13.1. The maximum Gasteiger partial charge on any atom is 0.0860 e. The van der Waals surface area contributed by atoms with E-state index in [2.05, 4.69) is 24.3 Å². The number of aryl methyl sites for hydroxylation is 2. The van der Waals surface area contributed by atoms with Gasteiger partial charge in [-0.2, -0.15) is 5.10 Å². The van der Waals surface area contributed by atoms with E-state index in [1.54, 1.807) is 0 Å². The van der Waals surface area contributed by atoms with E-state index in [4.69, 9.17) is 11.6 Å².